The third kappa shape index (κ3) is 1.92. The molecule has 2 aliphatic rings. The summed E-state index contributed by atoms with van der Waals surface area (Å²) in [7, 11) is -3.77. The molecule has 0 saturated heterocycles. The van der Waals surface area contributed by atoms with Crippen LogP contribution < -0.4 is 10.5 Å². The topological polar surface area (TPSA) is 110 Å². The number of amidine groups is 1. The van der Waals surface area contributed by atoms with Crippen molar-refractivity contribution in [3.8, 4) is 0 Å². The largest absolute Gasteiger partial charge is 0.381 e. The number of aryl methyl sites for hydroxylation is 2. The predicted octanol–water partition coefficient (Wildman–Crippen LogP) is 0.121. The van der Waals surface area contributed by atoms with Crippen LogP contribution in [0.1, 0.15) is 36.3 Å². The highest BCUT2D eigenvalue weighted by Gasteiger charge is 2.26. The molecule has 0 radical (unpaired) electrons. The maximum absolute atomic E-state index is 11.4. The van der Waals surface area contributed by atoms with Crippen LogP contribution >= 0.6 is 0 Å². The van der Waals surface area contributed by atoms with E-state index < -0.39 is 10.2 Å². The van der Waals surface area contributed by atoms with Crippen molar-refractivity contribution in [3.63, 3.8) is 0 Å². The highest BCUT2D eigenvalue weighted by molar-refractivity contribution is 7.91. The number of hydrogen-bond acceptors (Lipinski definition) is 5. The van der Waals surface area contributed by atoms with Crippen LogP contribution in [0, 0.1) is 0 Å². The minimum Gasteiger partial charge on any atom is -0.381 e. The number of nitrogens with zero attached hydrogens (tertiary/aromatic N) is 3. The lowest BCUT2D eigenvalue weighted by Gasteiger charge is -2.16. The molecule has 0 spiro atoms. The van der Waals surface area contributed by atoms with Gasteiger partial charge in [-0.15, -0.1) is 4.40 Å². The molecule has 0 fully saturated rings. The van der Waals surface area contributed by atoms with Gasteiger partial charge < -0.3 is 5.73 Å². The molecular formula is C10H13N5O2S. The molecule has 0 amide bonds. The van der Waals surface area contributed by atoms with Crippen molar-refractivity contribution in [3.05, 3.63) is 17.1 Å². The maximum Gasteiger partial charge on any atom is 0.345 e. The summed E-state index contributed by atoms with van der Waals surface area (Å²) in [5.41, 5.74) is 7.73. The summed E-state index contributed by atoms with van der Waals surface area (Å²) in [6, 6.07) is 0. The van der Waals surface area contributed by atoms with E-state index in [4.69, 9.17) is 5.73 Å². The maximum atomic E-state index is 11.4. The average Bonchev–Trinajstić information content (AvgIpc) is 2.50. The lowest BCUT2D eigenvalue weighted by atomic mass is 10.2. The van der Waals surface area contributed by atoms with Crippen LogP contribution in [0.15, 0.2) is 4.40 Å². The fourth-order valence-electron chi connectivity index (χ4n) is 2.23. The molecule has 18 heavy (non-hydrogen) atoms. The summed E-state index contributed by atoms with van der Waals surface area (Å²) >= 11 is 0. The first-order valence-electron chi connectivity index (χ1n) is 5.83. The zero-order valence-electron chi connectivity index (χ0n) is 9.68. The Balaban J connectivity index is 2.15. The minimum absolute atomic E-state index is 0.0942. The van der Waals surface area contributed by atoms with Crippen molar-refractivity contribution in [1.82, 2.24) is 9.97 Å². The molecule has 1 aliphatic heterocycles. The summed E-state index contributed by atoms with van der Waals surface area (Å²) in [6.45, 7) is 0. The first kappa shape index (κ1) is 11.4. The van der Waals surface area contributed by atoms with Gasteiger partial charge in [-0.2, -0.15) is 8.42 Å². The van der Waals surface area contributed by atoms with E-state index >= 15 is 0 Å². The Labute approximate surface area is 105 Å². The van der Waals surface area contributed by atoms with Gasteiger partial charge in [-0.25, -0.2) is 14.7 Å². The molecule has 8 heteroatoms. The summed E-state index contributed by atoms with van der Waals surface area (Å²) < 4.78 is 28.5. The van der Waals surface area contributed by atoms with Crippen molar-refractivity contribution in [2.24, 2.45) is 10.1 Å². The third-order valence-corrected chi connectivity index (χ3v) is 3.95. The van der Waals surface area contributed by atoms with Crippen molar-refractivity contribution in [2.75, 3.05) is 4.72 Å². The number of nitrogens with two attached hydrogens (primary N) is 1. The van der Waals surface area contributed by atoms with E-state index in [9.17, 15) is 8.42 Å². The van der Waals surface area contributed by atoms with Crippen LogP contribution in [-0.2, 0) is 23.1 Å². The lowest BCUT2D eigenvalue weighted by Crippen LogP contribution is -2.29. The standard InChI is InChI=1S/C10H13N5O2S/c11-9-8-10(15-18(16,17)14-9)13-7-5-3-1-2-4-6(7)12-8/h1-5H2,(H2,11,14)(H,13,15). The molecule has 0 atom stereocenters. The van der Waals surface area contributed by atoms with Gasteiger partial charge in [-0.05, 0) is 25.7 Å². The Morgan fingerprint density at radius 1 is 1.06 bits per heavy atom. The van der Waals surface area contributed by atoms with Crippen molar-refractivity contribution in [2.45, 2.75) is 32.1 Å². The number of hydrogen-bond donors (Lipinski definition) is 2. The van der Waals surface area contributed by atoms with Crippen LogP contribution in [0.4, 0.5) is 5.82 Å². The quantitative estimate of drug-likeness (QED) is 0.649. The van der Waals surface area contributed by atoms with Gasteiger partial charge in [-0.3, -0.25) is 0 Å². The number of nitrogens with one attached hydrogen (secondary N) is 1. The van der Waals surface area contributed by atoms with E-state index in [2.05, 4.69) is 19.1 Å². The molecule has 96 valence electrons. The zero-order valence-corrected chi connectivity index (χ0v) is 10.5. The summed E-state index contributed by atoms with van der Waals surface area (Å²) in [5.74, 6) is 0.103. The van der Waals surface area contributed by atoms with E-state index in [1.807, 2.05) is 0 Å². The summed E-state index contributed by atoms with van der Waals surface area (Å²) in [4.78, 5) is 8.76. The molecule has 2 heterocycles. The van der Waals surface area contributed by atoms with Crippen molar-refractivity contribution < 1.29 is 8.42 Å². The third-order valence-electron chi connectivity index (χ3n) is 3.06. The Hall–Kier alpha value is -1.70. The smallest absolute Gasteiger partial charge is 0.345 e. The molecule has 1 aromatic rings. The van der Waals surface area contributed by atoms with E-state index in [1.54, 1.807) is 0 Å². The summed E-state index contributed by atoms with van der Waals surface area (Å²) in [5, 5.41) is 0. The lowest BCUT2D eigenvalue weighted by molar-refractivity contribution is 0.602. The van der Waals surface area contributed by atoms with Gasteiger partial charge in [0, 0.05) is 0 Å². The predicted molar refractivity (Wildman–Crippen MR) is 66.6 cm³/mol. The second-order valence-corrected chi connectivity index (χ2v) is 5.77. The van der Waals surface area contributed by atoms with Gasteiger partial charge >= 0.3 is 10.2 Å². The Morgan fingerprint density at radius 3 is 2.44 bits per heavy atom. The van der Waals surface area contributed by atoms with Gasteiger partial charge in [0.2, 0.25) is 0 Å². The van der Waals surface area contributed by atoms with E-state index in [0.717, 1.165) is 43.5 Å². The van der Waals surface area contributed by atoms with Gasteiger partial charge in [0.05, 0.1) is 11.4 Å². The molecular weight excluding hydrogens is 254 g/mol. The summed E-state index contributed by atoms with van der Waals surface area (Å²) in [6.07, 6.45) is 4.95. The molecule has 7 nitrogen and oxygen atoms in total. The highest BCUT2D eigenvalue weighted by atomic mass is 32.2. The minimum atomic E-state index is -3.77. The molecule has 0 saturated carbocycles. The number of anilines is 1. The SMILES string of the molecule is NC1=NS(=O)(=O)Nc2nc3c(nc21)CCCCC3. The molecule has 1 aromatic heterocycles. The van der Waals surface area contributed by atoms with Crippen molar-refractivity contribution in [1.29, 1.82) is 0 Å². The Kier molecular flexibility index (Phi) is 2.47. The van der Waals surface area contributed by atoms with Gasteiger partial charge in [0.1, 0.15) is 5.69 Å². The second kappa shape index (κ2) is 3.91. The molecule has 3 N–H and O–H groups in total. The highest BCUT2D eigenvalue weighted by Crippen LogP contribution is 2.24. The Bertz CT molecular complexity index is 638. The molecule has 0 bridgehead atoms. The van der Waals surface area contributed by atoms with Crippen LogP contribution in [0.5, 0.6) is 0 Å². The van der Waals surface area contributed by atoms with Crippen LogP contribution in [0.25, 0.3) is 0 Å². The van der Waals surface area contributed by atoms with Crippen LogP contribution in [0.3, 0.4) is 0 Å². The first-order chi connectivity index (χ1) is 8.55. The normalized spacial score (nSPS) is 21.0. The van der Waals surface area contributed by atoms with E-state index in [0.29, 0.717) is 5.69 Å². The van der Waals surface area contributed by atoms with Gasteiger partial charge in [0.15, 0.2) is 11.7 Å². The van der Waals surface area contributed by atoms with E-state index in [-0.39, 0.29) is 11.7 Å². The molecule has 0 unspecified atom stereocenters. The van der Waals surface area contributed by atoms with Crippen LogP contribution in [-0.4, -0.2) is 24.2 Å². The van der Waals surface area contributed by atoms with Crippen LogP contribution in [0.2, 0.25) is 0 Å². The van der Waals surface area contributed by atoms with Crippen molar-refractivity contribution >= 4 is 21.9 Å². The molecule has 1 aliphatic carbocycles. The fourth-order valence-corrected chi connectivity index (χ4v) is 3.01. The fraction of sp³-hybridized carbons (Fsp3) is 0.500. The number of aromatic nitrogens is 2. The average molecular weight is 267 g/mol. The first-order valence-corrected chi connectivity index (χ1v) is 7.27. The van der Waals surface area contributed by atoms with E-state index in [1.165, 1.54) is 0 Å². The molecule has 3 rings (SSSR count). The van der Waals surface area contributed by atoms with Gasteiger partial charge in [-0.1, -0.05) is 6.42 Å². The number of fused-ring (bicyclic) bond motifs is 2. The monoisotopic (exact) mass is 267 g/mol. The number of rotatable bonds is 0. The van der Waals surface area contributed by atoms with Gasteiger partial charge in [0.25, 0.3) is 0 Å². The second-order valence-electron chi connectivity index (χ2n) is 4.43. The Morgan fingerprint density at radius 2 is 1.72 bits per heavy atom. The zero-order chi connectivity index (χ0) is 12.8. The molecule has 0 aromatic carbocycles.